The molecule has 2 nitrogen and oxygen atoms in total. The zero-order valence-corrected chi connectivity index (χ0v) is 8.71. The first kappa shape index (κ1) is 9.21. The predicted octanol–water partition coefficient (Wildman–Crippen LogP) is 3.08. The third kappa shape index (κ3) is 1.63. The third-order valence-electron chi connectivity index (χ3n) is 2.13. The van der Waals surface area contributed by atoms with E-state index < -0.39 is 0 Å². The smallest absolute Gasteiger partial charge is 0.126 e. The fraction of sp³-hybridized carbons (Fsp3) is 0.182. The highest BCUT2D eigenvalue weighted by molar-refractivity contribution is 7.13. The lowest BCUT2D eigenvalue weighted by atomic mass is 10.1. The second-order valence-corrected chi connectivity index (χ2v) is 3.94. The Balaban J connectivity index is 2.51. The minimum Gasteiger partial charge on any atom is -0.507 e. The summed E-state index contributed by atoms with van der Waals surface area (Å²) in [5.74, 6) is 0.303. The number of nitrogens with zero attached hydrogens (tertiary/aromatic N) is 1. The summed E-state index contributed by atoms with van der Waals surface area (Å²) in [7, 11) is 0. The van der Waals surface area contributed by atoms with Gasteiger partial charge < -0.3 is 5.11 Å². The van der Waals surface area contributed by atoms with E-state index in [9.17, 15) is 5.11 Å². The molecule has 0 aliphatic carbocycles. The highest BCUT2D eigenvalue weighted by Gasteiger charge is 2.06. The highest BCUT2D eigenvalue weighted by Crippen LogP contribution is 2.31. The van der Waals surface area contributed by atoms with Crippen molar-refractivity contribution in [3.8, 4) is 16.3 Å². The first-order valence-corrected chi connectivity index (χ1v) is 5.41. The summed E-state index contributed by atoms with van der Waals surface area (Å²) < 4.78 is 0. The molecule has 0 atom stereocenters. The summed E-state index contributed by atoms with van der Waals surface area (Å²) in [6.45, 7) is 2.10. The summed E-state index contributed by atoms with van der Waals surface area (Å²) >= 11 is 1.54. The summed E-state index contributed by atoms with van der Waals surface area (Å²) in [5, 5.41) is 12.5. The van der Waals surface area contributed by atoms with Crippen LogP contribution in [0.4, 0.5) is 0 Å². The van der Waals surface area contributed by atoms with Gasteiger partial charge in [0.2, 0.25) is 0 Å². The van der Waals surface area contributed by atoms with Crippen molar-refractivity contribution in [3.05, 3.63) is 35.3 Å². The number of aromatic nitrogens is 1. The van der Waals surface area contributed by atoms with Crippen molar-refractivity contribution in [3.63, 3.8) is 0 Å². The predicted molar refractivity (Wildman–Crippen MR) is 58.6 cm³/mol. The van der Waals surface area contributed by atoms with Crippen LogP contribution in [0, 0.1) is 0 Å². The molecule has 0 radical (unpaired) electrons. The van der Waals surface area contributed by atoms with Gasteiger partial charge in [-0.1, -0.05) is 13.0 Å². The maximum Gasteiger partial charge on any atom is 0.126 e. The topological polar surface area (TPSA) is 33.1 Å². The van der Waals surface area contributed by atoms with Gasteiger partial charge in [-0.25, -0.2) is 4.98 Å². The van der Waals surface area contributed by atoms with Gasteiger partial charge in [0.05, 0.1) is 5.56 Å². The summed E-state index contributed by atoms with van der Waals surface area (Å²) in [6, 6.07) is 5.66. The Morgan fingerprint density at radius 3 is 2.93 bits per heavy atom. The molecule has 1 aromatic heterocycles. The number of hydrogen-bond acceptors (Lipinski definition) is 3. The second kappa shape index (κ2) is 3.80. The van der Waals surface area contributed by atoms with E-state index in [1.165, 1.54) is 16.9 Å². The number of aryl methyl sites for hydroxylation is 1. The van der Waals surface area contributed by atoms with E-state index in [4.69, 9.17) is 0 Å². The van der Waals surface area contributed by atoms with Crippen LogP contribution in [-0.4, -0.2) is 10.1 Å². The van der Waals surface area contributed by atoms with E-state index in [1.807, 2.05) is 17.5 Å². The Morgan fingerprint density at radius 1 is 1.43 bits per heavy atom. The number of rotatable bonds is 2. The molecule has 0 aliphatic heterocycles. The van der Waals surface area contributed by atoms with Gasteiger partial charge in [-0.3, -0.25) is 0 Å². The van der Waals surface area contributed by atoms with Gasteiger partial charge in [-0.2, -0.15) is 0 Å². The van der Waals surface area contributed by atoms with Crippen molar-refractivity contribution < 1.29 is 5.11 Å². The summed E-state index contributed by atoms with van der Waals surface area (Å²) in [5.41, 5.74) is 2.05. The number of phenolic OH excluding ortho intramolecular Hbond substituents is 1. The van der Waals surface area contributed by atoms with Crippen LogP contribution in [0.15, 0.2) is 29.8 Å². The molecule has 0 saturated heterocycles. The lowest BCUT2D eigenvalue weighted by Crippen LogP contribution is -1.83. The molecule has 0 aliphatic rings. The van der Waals surface area contributed by atoms with Crippen LogP contribution in [0.1, 0.15) is 12.5 Å². The van der Waals surface area contributed by atoms with Crippen LogP contribution in [0.5, 0.6) is 5.75 Å². The van der Waals surface area contributed by atoms with Gasteiger partial charge in [-0.15, -0.1) is 11.3 Å². The van der Waals surface area contributed by atoms with Gasteiger partial charge >= 0.3 is 0 Å². The van der Waals surface area contributed by atoms with Crippen LogP contribution in [-0.2, 0) is 6.42 Å². The van der Waals surface area contributed by atoms with E-state index in [2.05, 4.69) is 11.9 Å². The molecule has 14 heavy (non-hydrogen) atoms. The Kier molecular flexibility index (Phi) is 2.50. The monoisotopic (exact) mass is 205 g/mol. The molecule has 72 valence electrons. The molecule has 2 rings (SSSR count). The first-order valence-electron chi connectivity index (χ1n) is 4.53. The molecule has 0 fully saturated rings. The van der Waals surface area contributed by atoms with Crippen molar-refractivity contribution in [2.24, 2.45) is 0 Å². The van der Waals surface area contributed by atoms with Crippen LogP contribution in [0.3, 0.4) is 0 Å². The third-order valence-corrected chi connectivity index (χ3v) is 2.94. The first-order chi connectivity index (χ1) is 6.81. The van der Waals surface area contributed by atoms with E-state index in [-0.39, 0.29) is 0 Å². The van der Waals surface area contributed by atoms with Crippen LogP contribution in [0.2, 0.25) is 0 Å². The quantitative estimate of drug-likeness (QED) is 0.817. The van der Waals surface area contributed by atoms with Gasteiger partial charge in [0, 0.05) is 11.6 Å². The molecule has 1 heterocycles. The van der Waals surface area contributed by atoms with Gasteiger partial charge in [0.15, 0.2) is 0 Å². The van der Waals surface area contributed by atoms with Gasteiger partial charge in [-0.05, 0) is 24.1 Å². The molecular formula is C11H11NOS. The van der Waals surface area contributed by atoms with E-state index in [1.54, 1.807) is 12.3 Å². The maximum absolute atomic E-state index is 9.67. The van der Waals surface area contributed by atoms with Crippen molar-refractivity contribution >= 4 is 11.3 Å². The maximum atomic E-state index is 9.67. The number of phenols is 1. The Morgan fingerprint density at radius 2 is 2.29 bits per heavy atom. The van der Waals surface area contributed by atoms with Crippen LogP contribution >= 0.6 is 11.3 Å². The minimum atomic E-state index is 0.303. The van der Waals surface area contributed by atoms with Crippen molar-refractivity contribution in [1.29, 1.82) is 0 Å². The summed E-state index contributed by atoms with van der Waals surface area (Å²) in [4.78, 5) is 4.18. The molecule has 1 aromatic carbocycles. The lowest BCUT2D eigenvalue weighted by Gasteiger charge is -2.03. The van der Waals surface area contributed by atoms with Gasteiger partial charge in [0.25, 0.3) is 0 Å². The number of aromatic hydroxyl groups is 1. The molecule has 3 heteroatoms. The van der Waals surface area contributed by atoms with Crippen LogP contribution in [0.25, 0.3) is 10.6 Å². The van der Waals surface area contributed by atoms with E-state index in [0.717, 1.165) is 17.0 Å². The zero-order valence-electron chi connectivity index (χ0n) is 7.90. The number of benzene rings is 1. The average molecular weight is 205 g/mol. The number of hydrogen-bond donors (Lipinski definition) is 1. The molecule has 0 spiro atoms. The lowest BCUT2D eigenvalue weighted by molar-refractivity contribution is 0.477. The van der Waals surface area contributed by atoms with E-state index in [0.29, 0.717) is 5.75 Å². The highest BCUT2D eigenvalue weighted by atomic mass is 32.1. The molecule has 2 aromatic rings. The average Bonchev–Trinajstić information content (AvgIpc) is 2.71. The Hall–Kier alpha value is -1.35. The molecule has 0 unspecified atom stereocenters. The Labute approximate surface area is 86.9 Å². The van der Waals surface area contributed by atoms with Crippen LogP contribution < -0.4 is 0 Å². The molecule has 0 amide bonds. The largest absolute Gasteiger partial charge is 0.507 e. The van der Waals surface area contributed by atoms with Crippen molar-refractivity contribution in [2.75, 3.05) is 0 Å². The molecule has 0 bridgehead atoms. The molecule has 0 saturated carbocycles. The minimum absolute atomic E-state index is 0.303. The van der Waals surface area contributed by atoms with Crippen molar-refractivity contribution in [1.82, 2.24) is 4.98 Å². The summed E-state index contributed by atoms with van der Waals surface area (Å²) in [6.07, 6.45) is 2.72. The Bertz CT molecular complexity index is 423. The normalized spacial score (nSPS) is 10.4. The van der Waals surface area contributed by atoms with Crippen molar-refractivity contribution in [2.45, 2.75) is 13.3 Å². The SMILES string of the molecule is CCc1ccc(O)c(-c2nccs2)c1. The molecular weight excluding hydrogens is 194 g/mol. The standard InChI is InChI=1S/C11H11NOS/c1-2-8-3-4-10(13)9(7-8)11-12-5-6-14-11/h3-7,13H,2H2,1H3. The zero-order chi connectivity index (χ0) is 9.97. The van der Waals surface area contributed by atoms with Gasteiger partial charge in [0.1, 0.15) is 10.8 Å². The second-order valence-electron chi connectivity index (χ2n) is 3.04. The fourth-order valence-electron chi connectivity index (χ4n) is 1.33. The van der Waals surface area contributed by atoms with E-state index >= 15 is 0 Å². The fourth-order valence-corrected chi connectivity index (χ4v) is 1.99. The number of thiazole rings is 1. The molecule has 1 N–H and O–H groups in total.